The second-order valence-electron chi connectivity index (χ2n) is 8.76. The Bertz CT molecular complexity index is 1580. The Hall–Kier alpha value is -4.83. The van der Waals surface area contributed by atoms with Crippen LogP contribution in [0.4, 0.5) is 18.9 Å². The van der Waals surface area contributed by atoms with Crippen molar-refractivity contribution >= 4 is 23.4 Å². The number of rotatable bonds is 6. The first kappa shape index (κ1) is 24.8. The first-order valence-corrected chi connectivity index (χ1v) is 11.4. The second kappa shape index (κ2) is 9.56. The summed E-state index contributed by atoms with van der Waals surface area (Å²) >= 11 is 0. The van der Waals surface area contributed by atoms with Crippen molar-refractivity contribution < 1.29 is 27.6 Å². The molecule has 190 valence electrons. The highest BCUT2D eigenvalue weighted by Gasteiger charge is 2.37. The largest absolute Gasteiger partial charge is 0.366 e. The van der Waals surface area contributed by atoms with Crippen LogP contribution < -0.4 is 16.4 Å². The number of nitrogens with zero attached hydrogens (tertiary/aromatic N) is 2. The lowest BCUT2D eigenvalue weighted by Gasteiger charge is -2.20. The van der Waals surface area contributed by atoms with Gasteiger partial charge in [0, 0.05) is 11.6 Å². The molecular formula is C28H19F3N4O3. The Labute approximate surface area is 214 Å². The van der Waals surface area contributed by atoms with Gasteiger partial charge in [0.1, 0.15) is 17.5 Å². The third-order valence-electron chi connectivity index (χ3n) is 6.23. The minimum absolute atomic E-state index is 0.0229. The minimum atomic E-state index is -1.00. The van der Waals surface area contributed by atoms with Crippen LogP contribution >= 0.6 is 0 Å². The van der Waals surface area contributed by atoms with E-state index >= 15 is 0 Å². The van der Waals surface area contributed by atoms with Crippen LogP contribution in [-0.4, -0.2) is 22.7 Å². The number of pyridine rings is 1. The van der Waals surface area contributed by atoms with Crippen LogP contribution in [0.1, 0.15) is 48.4 Å². The molecule has 4 N–H and O–H groups in total. The summed E-state index contributed by atoms with van der Waals surface area (Å²) in [6, 6.07) is 13.5. The van der Waals surface area contributed by atoms with E-state index in [4.69, 9.17) is 11.5 Å². The number of hydrogen-bond acceptors (Lipinski definition) is 5. The quantitative estimate of drug-likeness (QED) is 0.370. The maximum absolute atomic E-state index is 14.2. The van der Waals surface area contributed by atoms with E-state index in [1.807, 2.05) is 0 Å². The first-order chi connectivity index (χ1) is 18.1. The van der Waals surface area contributed by atoms with Crippen LogP contribution in [0.15, 0.2) is 72.9 Å². The fourth-order valence-electron chi connectivity index (χ4n) is 4.50. The van der Waals surface area contributed by atoms with Gasteiger partial charge < -0.3 is 11.5 Å². The average molecular weight is 516 g/mol. The number of imide groups is 1. The Morgan fingerprint density at radius 2 is 1.50 bits per heavy atom. The molecule has 38 heavy (non-hydrogen) atoms. The summed E-state index contributed by atoms with van der Waals surface area (Å²) < 4.78 is 41.7. The van der Waals surface area contributed by atoms with Crippen molar-refractivity contribution in [1.29, 1.82) is 0 Å². The molecule has 0 spiro atoms. The molecule has 0 saturated heterocycles. The normalized spacial score (nSPS) is 13.5. The topological polar surface area (TPSA) is 119 Å². The molecule has 0 aliphatic carbocycles. The fourth-order valence-corrected chi connectivity index (χ4v) is 4.50. The lowest BCUT2D eigenvalue weighted by molar-refractivity contribution is 0.0924. The highest BCUT2D eigenvalue weighted by molar-refractivity contribution is 6.34. The van der Waals surface area contributed by atoms with Crippen LogP contribution in [0.2, 0.25) is 0 Å². The summed E-state index contributed by atoms with van der Waals surface area (Å²) in [6.07, 6.45) is 1.26. The Morgan fingerprint density at radius 1 is 0.868 bits per heavy atom. The summed E-state index contributed by atoms with van der Waals surface area (Å²) in [5, 5.41) is 0. The maximum Gasteiger partial charge on any atom is 0.266 e. The molecule has 1 aliphatic rings. The van der Waals surface area contributed by atoms with E-state index in [1.165, 1.54) is 36.5 Å². The lowest BCUT2D eigenvalue weighted by atomic mass is 9.94. The molecule has 3 amide bonds. The molecule has 0 saturated carbocycles. The molecule has 7 nitrogen and oxygen atoms in total. The van der Waals surface area contributed by atoms with Crippen LogP contribution in [-0.2, 0) is 6.42 Å². The average Bonchev–Trinajstić information content (AvgIpc) is 3.13. The van der Waals surface area contributed by atoms with Crippen molar-refractivity contribution in [2.45, 2.75) is 12.5 Å². The Kier molecular flexibility index (Phi) is 6.25. The van der Waals surface area contributed by atoms with E-state index in [0.717, 1.165) is 29.2 Å². The molecule has 0 radical (unpaired) electrons. The summed E-state index contributed by atoms with van der Waals surface area (Å²) in [6.45, 7) is 0. The molecule has 0 unspecified atom stereocenters. The molecule has 2 heterocycles. The smallest absolute Gasteiger partial charge is 0.266 e. The zero-order valence-electron chi connectivity index (χ0n) is 19.6. The van der Waals surface area contributed by atoms with E-state index in [1.54, 1.807) is 12.1 Å². The standard InChI is InChI=1S/C28H19F3N4O3/c29-16-7-14(8-17(30)11-16)9-24(32)25-21(15-5-6-23(31)22(10-15)26(33)36)12-18(13-34-25)35-27(37)19-3-1-2-4-20(19)28(35)38/h1-8,10-13,24H,9,32H2,(H2,33,36)/t24-/m0/s1. The van der Waals surface area contributed by atoms with Gasteiger partial charge in [0.2, 0.25) is 0 Å². The summed E-state index contributed by atoms with van der Waals surface area (Å²) in [5.74, 6) is -4.50. The van der Waals surface area contributed by atoms with Crippen LogP contribution in [0.25, 0.3) is 11.1 Å². The van der Waals surface area contributed by atoms with E-state index in [9.17, 15) is 27.6 Å². The molecule has 1 aromatic heterocycles. The van der Waals surface area contributed by atoms with Crippen molar-refractivity contribution in [2.75, 3.05) is 4.90 Å². The van der Waals surface area contributed by atoms with E-state index in [0.29, 0.717) is 0 Å². The van der Waals surface area contributed by atoms with Gasteiger partial charge in [0.05, 0.1) is 40.3 Å². The Morgan fingerprint density at radius 3 is 2.11 bits per heavy atom. The molecule has 1 atom stereocenters. The number of carbonyl (C=O) groups excluding carboxylic acids is 3. The second-order valence-corrected chi connectivity index (χ2v) is 8.76. The van der Waals surface area contributed by atoms with Crippen LogP contribution in [0.3, 0.4) is 0 Å². The molecule has 10 heteroatoms. The number of halogens is 3. The molecular weight excluding hydrogens is 497 g/mol. The number of primary amides is 1. The zero-order valence-corrected chi connectivity index (χ0v) is 19.6. The van der Waals surface area contributed by atoms with Crippen molar-refractivity contribution in [3.63, 3.8) is 0 Å². The third kappa shape index (κ3) is 4.41. The monoisotopic (exact) mass is 516 g/mol. The molecule has 0 bridgehead atoms. The molecule has 0 fully saturated rings. The van der Waals surface area contributed by atoms with E-state index < -0.39 is 41.2 Å². The van der Waals surface area contributed by atoms with Crippen molar-refractivity contribution in [1.82, 2.24) is 4.98 Å². The first-order valence-electron chi connectivity index (χ1n) is 11.4. The molecule has 1 aliphatic heterocycles. The van der Waals surface area contributed by atoms with E-state index in [2.05, 4.69) is 4.98 Å². The highest BCUT2D eigenvalue weighted by atomic mass is 19.1. The Balaban J connectivity index is 1.62. The van der Waals surface area contributed by atoms with Gasteiger partial charge in [-0.05, 0) is 60.0 Å². The number of anilines is 1. The maximum atomic E-state index is 14.2. The van der Waals surface area contributed by atoms with E-state index in [-0.39, 0.29) is 51.2 Å². The van der Waals surface area contributed by atoms with Gasteiger partial charge in [-0.2, -0.15) is 0 Å². The number of amides is 3. The van der Waals surface area contributed by atoms with Gasteiger partial charge in [-0.25, -0.2) is 18.1 Å². The van der Waals surface area contributed by atoms with Gasteiger partial charge >= 0.3 is 0 Å². The predicted molar refractivity (Wildman–Crippen MR) is 133 cm³/mol. The molecule has 5 rings (SSSR count). The van der Waals surface area contributed by atoms with Gasteiger partial charge in [0.25, 0.3) is 17.7 Å². The lowest BCUT2D eigenvalue weighted by Crippen LogP contribution is -2.30. The highest BCUT2D eigenvalue weighted by Crippen LogP contribution is 2.35. The number of benzene rings is 3. The number of aromatic nitrogens is 1. The van der Waals surface area contributed by atoms with Crippen LogP contribution in [0, 0.1) is 17.5 Å². The van der Waals surface area contributed by atoms with Gasteiger partial charge in [-0.1, -0.05) is 18.2 Å². The predicted octanol–water partition coefficient (Wildman–Crippen LogP) is 4.31. The summed E-state index contributed by atoms with van der Waals surface area (Å²) in [7, 11) is 0. The third-order valence-corrected chi connectivity index (χ3v) is 6.23. The van der Waals surface area contributed by atoms with Crippen molar-refractivity contribution in [2.24, 2.45) is 11.5 Å². The van der Waals surface area contributed by atoms with Crippen molar-refractivity contribution in [3.05, 3.63) is 118 Å². The summed E-state index contributed by atoms with van der Waals surface area (Å²) in [5.41, 5.74) is 12.9. The molecule has 3 aromatic carbocycles. The van der Waals surface area contributed by atoms with Gasteiger partial charge in [-0.15, -0.1) is 0 Å². The van der Waals surface area contributed by atoms with Crippen LogP contribution in [0.5, 0.6) is 0 Å². The number of hydrogen-bond donors (Lipinski definition) is 2. The van der Waals surface area contributed by atoms with Gasteiger partial charge in [-0.3, -0.25) is 19.4 Å². The number of carbonyl (C=O) groups is 3. The SMILES string of the molecule is NC(=O)c1cc(-c2cc(N3C(=O)c4ccccc4C3=O)cnc2[C@@H](N)Cc2cc(F)cc(F)c2)ccc1F. The zero-order chi connectivity index (χ0) is 27.1. The number of nitrogens with two attached hydrogens (primary N) is 2. The van der Waals surface area contributed by atoms with Crippen molar-refractivity contribution in [3.8, 4) is 11.1 Å². The minimum Gasteiger partial charge on any atom is -0.366 e. The summed E-state index contributed by atoms with van der Waals surface area (Å²) in [4.78, 5) is 43.2. The van der Waals surface area contributed by atoms with Gasteiger partial charge in [0.15, 0.2) is 0 Å². The fraction of sp³-hybridized carbons (Fsp3) is 0.0714. The number of fused-ring (bicyclic) bond motifs is 1. The molecule has 4 aromatic rings.